The molecular weight excluding hydrogens is 274 g/mol. The Bertz CT molecular complexity index is 557. The van der Waals surface area contributed by atoms with Gasteiger partial charge in [0, 0.05) is 31.2 Å². The quantitative estimate of drug-likeness (QED) is 0.885. The molecule has 0 unspecified atom stereocenters. The standard InChI is InChI=1S/C13H17N5OS/c1-3-7-15-13-17-16-11(20-13)12(19)18(4-2)10-5-8-14-9-6-10/h5-6,8-9H,3-4,7H2,1-2H3,(H,15,17). The van der Waals surface area contributed by atoms with Crippen LogP contribution in [0.3, 0.4) is 0 Å². The summed E-state index contributed by atoms with van der Waals surface area (Å²) >= 11 is 1.28. The predicted octanol–water partition coefficient (Wildman–Crippen LogP) is 2.42. The van der Waals surface area contributed by atoms with Crippen LogP contribution in [0.15, 0.2) is 24.5 Å². The monoisotopic (exact) mass is 291 g/mol. The van der Waals surface area contributed by atoms with Gasteiger partial charge < -0.3 is 10.2 Å². The van der Waals surface area contributed by atoms with Crippen molar-refractivity contribution in [1.29, 1.82) is 0 Å². The van der Waals surface area contributed by atoms with Gasteiger partial charge in [-0.1, -0.05) is 18.3 Å². The maximum absolute atomic E-state index is 12.4. The second kappa shape index (κ2) is 6.95. The highest BCUT2D eigenvalue weighted by molar-refractivity contribution is 7.17. The average molecular weight is 291 g/mol. The third-order valence-electron chi connectivity index (χ3n) is 2.67. The van der Waals surface area contributed by atoms with Crippen molar-refractivity contribution >= 4 is 28.1 Å². The van der Waals surface area contributed by atoms with E-state index < -0.39 is 0 Å². The van der Waals surface area contributed by atoms with Crippen molar-refractivity contribution in [2.75, 3.05) is 23.3 Å². The molecule has 1 amide bonds. The fraction of sp³-hybridized carbons (Fsp3) is 0.385. The van der Waals surface area contributed by atoms with E-state index in [9.17, 15) is 4.79 Å². The van der Waals surface area contributed by atoms with Gasteiger partial charge in [0.1, 0.15) is 0 Å². The van der Waals surface area contributed by atoms with Gasteiger partial charge in [0.05, 0.1) is 0 Å². The molecule has 2 aromatic rings. The van der Waals surface area contributed by atoms with Gasteiger partial charge in [0.2, 0.25) is 10.1 Å². The van der Waals surface area contributed by atoms with Gasteiger partial charge in [-0.25, -0.2) is 0 Å². The lowest BCUT2D eigenvalue weighted by molar-refractivity contribution is 0.0987. The van der Waals surface area contributed by atoms with E-state index in [4.69, 9.17) is 0 Å². The highest BCUT2D eigenvalue weighted by Gasteiger charge is 2.20. The summed E-state index contributed by atoms with van der Waals surface area (Å²) in [6.07, 6.45) is 4.33. The van der Waals surface area contributed by atoms with Crippen LogP contribution >= 0.6 is 11.3 Å². The topological polar surface area (TPSA) is 71.0 Å². The second-order valence-electron chi connectivity index (χ2n) is 4.09. The number of hydrogen-bond acceptors (Lipinski definition) is 6. The lowest BCUT2D eigenvalue weighted by Crippen LogP contribution is -2.30. The number of pyridine rings is 1. The molecular formula is C13H17N5OS. The lowest BCUT2D eigenvalue weighted by atomic mass is 10.3. The number of nitrogens with zero attached hydrogens (tertiary/aromatic N) is 4. The molecule has 2 rings (SSSR count). The van der Waals surface area contributed by atoms with Gasteiger partial charge in [0.25, 0.3) is 5.91 Å². The molecule has 0 spiro atoms. The van der Waals surface area contributed by atoms with Crippen molar-refractivity contribution < 1.29 is 4.79 Å². The molecule has 0 aliphatic carbocycles. The molecule has 6 nitrogen and oxygen atoms in total. The van der Waals surface area contributed by atoms with E-state index in [1.54, 1.807) is 29.4 Å². The summed E-state index contributed by atoms with van der Waals surface area (Å²) in [4.78, 5) is 18.1. The third kappa shape index (κ3) is 3.30. The first-order valence-corrected chi connectivity index (χ1v) is 7.37. The van der Waals surface area contributed by atoms with E-state index in [1.165, 1.54) is 11.3 Å². The summed E-state index contributed by atoms with van der Waals surface area (Å²) in [5, 5.41) is 12.1. The molecule has 0 saturated carbocycles. The van der Waals surface area contributed by atoms with Crippen LogP contribution in [0.2, 0.25) is 0 Å². The maximum Gasteiger partial charge on any atom is 0.289 e. The molecule has 0 bridgehead atoms. The van der Waals surface area contributed by atoms with Crippen molar-refractivity contribution in [3.8, 4) is 0 Å². The minimum Gasteiger partial charge on any atom is -0.360 e. The Hall–Kier alpha value is -2.02. The van der Waals surface area contributed by atoms with Crippen LogP contribution in [0.1, 0.15) is 30.1 Å². The van der Waals surface area contributed by atoms with Crippen molar-refractivity contribution in [2.45, 2.75) is 20.3 Å². The van der Waals surface area contributed by atoms with Gasteiger partial charge >= 0.3 is 0 Å². The molecule has 0 radical (unpaired) electrons. The zero-order chi connectivity index (χ0) is 14.4. The van der Waals surface area contributed by atoms with Gasteiger partial charge in [0.15, 0.2) is 0 Å². The third-order valence-corrected chi connectivity index (χ3v) is 3.54. The first-order chi connectivity index (χ1) is 9.76. The van der Waals surface area contributed by atoms with Crippen LogP contribution in [0, 0.1) is 0 Å². The van der Waals surface area contributed by atoms with Gasteiger partial charge in [-0.3, -0.25) is 9.78 Å². The molecule has 106 valence electrons. The molecule has 0 aromatic carbocycles. The number of aromatic nitrogens is 3. The summed E-state index contributed by atoms with van der Waals surface area (Å²) in [5.74, 6) is -0.138. The highest BCUT2D eigenvalue weighted by atomic mass is 32.1. The number of amides is 1. The first-order valence-electron chi connectivity index (χ1n) is 6.55. The van der Waals surface area contributed by atoms with Crippen molar-refractivity contribution in [2.24, 2.45) is 0 Å². The number of nitrogens with one attached hydrogen (secondary N) is 1. The van der Waals surface area contributed by atoms with Gasteiger partial charge in [-0.2, -0.15) is 0 Å². The minimum absolute atomic E-state index is 0.138. The minimum atomic E-state index is -0.138. The van der Waals surface area contributed by atoms with E-state index in [2.05, 4.69) is 27.4 Å². The molecule has 20 heavy (non-hydrogen) atoms. The van der Waals surface area contributed by atoms with E-state index in [1.807, 2.05) is 6.92 Å². The lowest BCUT2D eigenvalue weighted by Gasteiger charge is -2.18. The smallest absolute Gasteiger partial charge is 0.289 e. The maximum atomic E-state index is 12.4. The van der Waals surface area contributed by atoms with Crippen LogP contribution in [-0.4, -0.2) is 34.2 Å². The Labute approximate surface area is 121 Å². The van der Waals surface area contributed by atoms with Crippen LogP contribution in [0.4, 0.5) is 10.8 Å². The van der Waals surface area contributed by atoms with Crippen molar-refractivity contribution in [3.63, 3.8) is 0 Å². The molecule has 2 aromatic heterocycles. The first kappa shape index (κ1) is 14.4. The second-order valence-corrected chi connectivity index (χ2v) is 5.07. The number of anilines is 2. The molecule has 0 fully saturated rings. The molecule has 0 aliphatic heterocycles. The normalized spacial score (nSPS) is 10.3. The molecule has 0 aliphatic rings. The van der Waals surface area contributed by atoms with Crippen LogP contribution in [0.25, 0.3) is 0 Å². The SMILES string of the molecule is CCCNc1nnc(C(=O)N(CC)c2ccncc2)s1. The van der Waals surface area contributed by atoms with Gasteiger partial charge in [-0.05, 0) is 25.5 Å². The Morgan fingerprint density at radius 2 is 2.05 bits per heavy atom. The average Bonchev–Trinajstić information content (AvgIpc) is 2.96. The molecule has 0 atom stereocenters. The number of rotatable bonds is 6. The van der Waals surface area contributed by atoms with Crippen LogP contribution in [0.5, 0.6) is 0 Å². The summed E-state index contributed by atoms with van der Waals surface area (Å²) in [6, 6.07) is 3.61. The summed E-state index contributed by atoms with van der Waals surface area (Å²) < 4.78 is 0. The molecule has 0 saturated heterocycles. The Morgan fingerprint density at radius 1 is 1.30 bits per heavy atom. The summed E-state index contributed by atoms with van der Waals surface area (Å²) in [5.41, 5.74) is 0.811. The number of carbonyl (C=O) groups is 1. The number of hydrogen-bond donors (Lipinski definition) is 1. The van der Waals surface area contributed by atoms with E-state index in [0.29, 0.717) is 16.7 Å². The molecule has 7 heteroatoms. The molecule has 1 N–H and O–H groups in total. The Morgan fingerprint density at radius 3 is 2.70 bits per heavy atom. The fourth-order valence-electron chi connectivity index (χ4n) is 1.70. The highest BCUT2D eigenvalue weighted by Crippen LogP contribution is 2.20. The van der Waals surface area contributed by atoms with Crippen LogP contribution in [-0.2, 0) is 0 Å². The number of carbonyl (C=O) groups excluding carboxylic acids is 1. The summed E-state index contributed by atoms with van der Waals surface area (Å²) in [6.45, 7) is 5.39. The zero-order valence-corrected chi connectivity index (χ0v) is 12.4. The van der Waals surface area contributed by atoms with Gasteiger partial charge in [-0.15, -0.1) is 10.2 Å². The van der Waals surface area contributed by atoms with E-state index in [0.717, 1.165) is 18.7 Å². The predicted molar refractivity (Wildman–Crippen MR) is 80.3 cm³/mol. The van der Waals surface area contributed by atoms with Crippen molar-refractivity contribution in [1.82, 2.24) is 15.2 Å². The van der Waals surface area contributed by atoms with E-state index >= 15 is 0 Å². The van der Waals surface area contributed by atoms with E-state index in [-0.39, 0.29) is 5.91 Å². The fourth-order valence-corrected chi connectivity index (χ4v) is 2.41. The van der Waals surface area contributed by atoms with Crippen molar-refractivity contribution in [3.05, 3.63) is 29.5 Å². The molecule has 2 heterocycles. The summed E-state index contributed by atoms with van der Waals surface area (Å²) in [7, 11) is 0. The Balaban J connectivity index is 2.14. The Kier molecular flexibility index (Phi) is 5.00. The van der Waals surface area contributed by atoms with Crippen LogP contribution < -0.4 is 10.2 Å². The largest absolute Gasteiger partial charge is 0.360 e. The zero-order valence-electron chi connectivity index (χ0n) is 11.5.